The van der Waals surface area contributed by atoms with E-state index in [9.17, 15) is 13.2 Å². The predicted octanol–water partition coefficient (Wildman–Crippen LogP) is 3.14. The maximum atomic E-state index is 12.6. The highest BCUT2D eigenvalue weighted by molar-refractivity contribution is 7.86. The van der Waals surface area contributed by atoms with Gasteiger partial charge in [-0.1, -0.05) is 6.08 Å². The number of benzene rings is 1. The Morgan fingerprint density at radius 3 is 2.41 bits per heavy atom. The molecule has 2 fully saturated rings. The minimum atomic E-state index is -4.09. The predicted molar refractivity (Wildman–Crippen MR) is 113 cm³/mol. The van der Waals surface area contributed by atoms with Gasteiger partial charge in [0.15, 0.2) is 24.3 Å². The third-order valence-corrected chi connectivity index (χ3v) is 6.08. The molecule has 2 saturated heterocycles. The molecule has 0 unspecified atom stereocenters. The van der Waals surface area contributed by atoms with Gasteiger partial charge in [-0.2, -0.15) is 8.42 Å². The standard InChI is InChI=1S/C22H30O9S/c1-7-12-26-17-16(29-19-18(17)30-22(5,6)31-19)13-27-32(24,25)15-10-8-14(9-11-15)28-20(23)21(2,3)4/h7-12,16-19H,13H2,1-6H3/b12-7-/t16-,17+,18-,19-/m1/s1. The van der Waals surface area contributed by atoms with E-state index < -0.39 is 51.9 Å². The van der Waals surface area contributed by atoms with Gasteiger partial charge in [0, 0.05) is 0 Å². The number of esters is 1. The number of allylic oxidation sites excluding steroid dienone is 1. The Balaban J connectivity index is 1.64. The average molecular weight is 471 g/mol. The number of hydrogen-bond acceptors (Lipinski definition) is 9. The van der Waals surface area contributed by atoms with Crippen LogP contribution in [0.5, 0.6) is 5.75 Å². The van der Waals surface area contributed by atoms with Crippen molar-refractivity contribution in [3.05, 3.63) is 36.6 Å². The largest absolute Gasteiger partial charge is 0.493 e. The van der Waals surface area contributed by atoms with Gasteiger partial charge in [0.1, 0.15) is 11.9 Å². The summed E-state index contributed by atoms with van der Waals surface area (Å²) in [4.78, 5) is 11.9. The zero-order valence-corrected chi connectivity index (χ0v) is 19.9. The summed E-state index contributed by atoms with van der Waals surface area (Å²) in [6.07, 6.45) is 0.662. The highest BCUT2D eigenvalue weighted by Crippen LogP contribution is 2.39. The Bertz CT molecular complexity index is 945. The van der Waals surface area contributed by atoms with Crippen molar-refractivity contribution in [2.75, 3.05) is 6.61 Å². The van der Waals surface area contributed by atoms with Crippen molar-refractivity contribution >= 4 is 16.1 Å². The molecule has 178 valence electrons. The fourth-order valence-corrected chi connectivity index (χ4v) is 4.09. The lowest BCUT2D eigenvalue weighted by atomic mass is 9.97. The summed E-state index contributed by atoms with van der Waals surface area (Å²) in [5, 5.41) is 0. The van der Waals surface area contributed by atoms with Crippen molar-refractivity contribution in [3.8, 4) is 5.75 Å². The molecule has 0 spiro atoms. The third kappa shape index (κ3) is 5.68. The molecule has 2 heterocycles. The van der Waals surface area contributed by atoms with E-state index in [1.54, 1.807) is 47.6 Å². The van der Waals surface area contributed by atoms with Crippen molar-refractivity contribution in [1.82, 2.24) is 0 Å². The number of carbonyl (C=O) groups is 1. The molecule has 10 heteroatoms. The van der Waals surface area contributed by atoms with Crippen molar-refractivity contribution in [1.29, 1.82) is 0 Å². The van der Waals surface area contributed by atoms with E-state index in [2.05, 4.69) is 0 Å². The van der Waals surface area contributed by atoms with Crippen LogP contribution in [0.15, 0.2) is 41.5 Å². The minimum Gasteiger partial charge on any atom is -0.493 e. The van der Waals surface area contributed by atoms with Gasteiger partial charge in [0.05, 0.1) is 23.2 Å². The Labute approximate surface area is 188 Å². The quantitative estimate of drug-likeness (QED) is 0.257. The SMILES string of the molecule is C/C=C\O[C@@H]1[C@H]2OC(C)(C)O[C@H]2O[C@@H]1COS(=O)(=O)c1ccc(OC(=O)C(C)(C)C)cc1. The summed E-state index contributed by atoms with van der Waals surface area (Å²) in [5.41, 5.74) is -0.679. The molecule has 0 aromatic heterocycles. The van der Waals surface area contributed by atoms with Gasteiger partial charge in [0.25, 0.3) is 10.1 Å². The monoisotopic (exact) mass is 470 g/mol. The fourth-order valence-electron chi connectivity index (χ4n) is 3.17. The lowest BCUT2D eigenvalue weighted by Gasteiger charge is -2.25. The van der Waals surface area contributed by atoms with Crippen LogP contribution in [-0.4, -0.2) is 51.4 Å². The van der Waals surface area contributed by atoms with Crippen LogP contribution in [0, 0.1) is 5.41 Å². The Morgan fingerprint density at radius 2 is 1.81 bits per heavy atom. The Kier molecular flexibility index (Phi) is 7.02. The molecule has 32 heavy (non-hydrogen) atoms. The average Bonchev–Trinajstić information content (AvgIpc) is 3.15. The lowest BCUT2D eigenvalue weighted by Crippen LogP contribution is -2.38. The molecule has 4 atom stereocenters. The summed E-state index contributed by atoms with van der Waals surface area (Å²) in [6.45, 7) is 10.2. The van der Waals surface area contributed by atoms with E-state index in [0.29, 0.717) is 0 Å². The highest BCUT2D eigenvalue weighted by Gasteiger charge is 2.56. The van der Waals surface area contributed by atoms with Gasteiger partial charge in [0.2, 0.25) is 0 Å². The van der Waals surface area contributed by atoms with Crippen LogP contribution in [0.1, 0.15) is 41.5 Å². The summed E-state index contributed by atoms with van der Waals surface area (Å²) in [6, 6.07) is 5.43. The van der Waals surface area contributed by atoms with E-state index in [-0.39, 0.29) is 17.3 Å². The molecule has 0 saturated carbocycles. The van der Waals surface area contributed by atoms with Crippen molar-refractivity contribution in [2.45, 2.75) is 76.8 Å². The molecule has 3 rings (SSSR count). The summed E-state index contributed by atoms with van der Waals surface area (Å²) >= 11 is 0. The van der Waals surface area contributed by atoms with E-state index in [4.69, 9.17) is 27.9 Å². The Morgan fingerprint density at radius 1 is 1.16 bits per heavy atom. The number of rotatable bonds is 7. The zero-order valence-electron chi connectivity index (χ0n) is 19.1. The molecule has 1 aromatic carbocycles. The van der Waals surface area contributed by atoms with Crippen LogP contribution in [0.2, 0.25) is 0 Å². The van der Waals surface area contributed by atoms with Crippen LogP contribution in [0.25, 0.3) is 0 Å². The van der Waals surface area contributed by atoms with Crippen molar-refractivity contribution < 1.29 is 41.1 Å². The second kappa shape index (κ2) is 9.11. The molecule has 2 aliphatic heterocycles. The maximum absolute atomic E-state index is 12.6. The Hall–Kier alpha value is -1.98. The second-order valence-electron chi connectivity index (χ2n) is 9.06. The second-order valence-corrected chi connectivity index (χ2v) is 10.7. The lowest BCUT2D eigenvalue weighted by molar-refractivity contribution is -0.217. The van der Waals surface area contributed by atoms with Crippen molar-refractivity contribution in [3.63, 3.8) is 0 Å². The van der Waals surface area contributed by atoms with Gasteiger partial charge in [-0.3, -0.25) is 8.98 Å². The first-order valence-electron chi connectivity index (χ1n) is 10.3. The molecule has 0 amide bonds. The molecular formula is C22H30O9S. The number of hydrogen-bond donors (Lipinski definition) is 0. The van der Waals surface area contributed by atoms with Gasteiger partial charge in [-0.15, -0.1) is 0 Å². The smallest absolute Gasteiger partial charge is 0.316 e. The maximum Gasteiger partial charge on any atom is 0.316 e. The molecule has 9 nitrogen and oxygen atoms in total. The minimum absolute atomic E-state index is 0.0780. The van der Waals surface area contributed by atoms with Gasteiger partial charge in [-0.25, -0.2) is 0 Å². The summed E-state index contributed by atoms with van der Waals surface area (Å²) < 4.78 is 58.8. The first kappa shape index (κ1) is 24.7. The zero-order chi connectivity index (χ0) is 23.7. The normalized spacial score (nSPS) is 27.4. The number of ether oxygens (including phenoxy) is 5. The summed E-state index contributed by atoms with van der Waals surface area (Å²) in [5.74, 6) is -1.01. The van der Waals surface area contributed by atoms with Crippen LogP contribution in [0.3, 0.4) is 0 Å². The van der Waals surface area contributed by atoms with Gasteiger partial charge >= 0.3 is 5.97 Å². The number of fused-ring (bicyclic) bond motifs is 1. The van der Waals surface area contributed by atoms with E-state index >= 15 is 0 Å². The van der Waals surface area contributed by atoms with Crippen LogP contribution in [0.4, 0.5) is 0 Å². The number of carbonyl (C=O) groups excluding carboxylic acids is 1. The van der Waals surface area contributed by atoms with E-state index in [1.807, 2.05) is 0 Å². The molecule has 2 aliphatic rings. The van der Waals surface area contributed by atoms with E-state index in [0.717, 1.165) is 0 Å². The molecule has 0 N–H and O–H groups in total. The first-order valence-corrected chi connectivity index (χ1v) is 11.7. The van der Waals surface area contributed by atoms with Gasteiger partial charge < -0.3 is 23.7 Å². The third-order valence-electron chi connectivity index (χ3n) is 4.78. The molecular weight excluding hydrogens is 440 g/mol. The fraction of sp³-hybridized carbons (Fsp3) is 0.591. The van der Waals surface area contributed by atoms with Gasteiger partial charge in [-0.05, 0) is 65.8 Å². The highest BCUT2D eigenvalue weighted by atomic mass is 32.2. The molecule has 0 radical (unpaired) electrons. The van der Waals surface area contributed by atoms with Crippen LogP contribution < -0.4 is 4.74 Å². The molecule has 1 aromatic rings. The van der Waals surface area contributed by atoms with Crippen LogP contribution >= 0.6 is 0 Å². The molecule has 0 aliphatic carbocycles. The topological polar surface area (TPSA) is 107 Å². The van der Waals surface area contributed by atoms with E-state index in [1.165, 1.54) is 30.5 Å². The van der Waals surface area contributed by atoms with Crippen molar-refractivity contribution in [2.24, 2.45) is 5.41 Å². The summed E-state index contributed by atoms with van der Waals surface area (Å²) in [7, 11) is -4.09. The molecule has 0 bridgehead atoms. The first-order chi connectivity index (χ1) is 14.8. The van der Waals surface area contributed by atoms with Crippen LogP contribution in [-0.2, 0) is 38.0 Å².